The lowest BCUT2D eigenvalue weighted by Gasteiger charge is -2.38. The second kappa shape index (κ2) is 12.5. The molecule has 1 aromatic heterocycles. The van der Waals surface area contributed by atoms with Gasteiger partial charge in [0, 0.05) is 55.9 Å². The number of nitrogens with zero attached hydrogens (tertiary/aromatic N) is 4. The lowest BCUT2D eigenvalue weighted by atomic mass is 10.2. The molecule has 13 heteroatoms. The van der Waals surface area contributed by atoms with Gasteiger partial charge in [-0.2, -0.15) is 8.61 Å². The summed E-state index contributed by atoms with van der Waals surface area (Å²) < 4.78 is 54.3. The summed E-state index contributed by atoms with van der Waals surface area (Å²) in [6, 6.07) is 7.17. The Bertz CT molecular complexity index is 1230. The summed E-state index contributed by atoms with van der Waals surface area (Å²) in [6.07, 6.45) is 8.30. The van der Waals surface area contributed by atoms with Crippen molar-refractivity contribution in [2.24, 2.45) is 0 Å². The van der Waals surface area contributed by atoms with Gasteiger partial charge in [0.05, 0.1) is 18.3 Å². The van der Waals surface area contributed by atoms with Gasteiger partial charge in [0.15, 0.2) is 0 Å². The Balaban J connectivity index is 1.63. The Morgan fingerprint density at radius 2 is 1.89 bits per heavy atom. The number of rotatable bonds is 12. The predicted molar refractivity (Wildman–Crippen MR) is 142 cm³/mol. The van der Waals surface area contributed by atoms with Crippen LogP contribution in [-0.4, -0.2) is 91.4 Å². The number of imidazole rings is 1. The number of hydrogen-bond donors (Lipinski definition) is 1. The summed E-state index contributed by atoms with van der Waals surface area (Å²) in [5.41, 5.74) is 2.06. The number of piperazine rings is 1. The fourth-order valence-electron chi connectivity index (χ4n) is 4.12. The molecule has 0 aliphatic carbocycles. The van der Waals surface area contributed by atoms with Gasteiger partial charge in [-0.25, -0.2) is 21.8 Å². The number of nitrogens with one attached hydrogen (secondary N) is 1. The Hall–Kier alpha value is -1.93. The van der Waals surface area contributed by atoms with Crippen molar-refractivity contribution in [1.82, 2.24) is 23.5 Å². The Morgan fingerprint density at radius 3 is 2.53 bits per heavy atom. The molecule has 36 heavy (non-hydrogen) atoms. The van der Waals surface area contributed by atoms with E-state index in [1.807, 2.05) is 17.7 Å². The van der Waals surface area contributed by atoms with Crippen LogP contribution in [0.2, 0.25) is 0 Å². The second-order valence-corrected chi connectivity index (χ2v) is 13.7. The monoisotopic (exact) mass is 557 g/mol. The van der Waals surface area contributed by atoms with Crippen LogP contribution in [0.4, 0.5) is 0 Å². The van der Waals surface area contributed by atoms with E-state index in [1.54, 1.807) is 24.3 Å². The number of thioether (sulfide) groups is 1. The van der Waals surface area contributed by atoms with E-state index in [-0.39, 0.29) is 31.9 Å². The van der Waals surface area contributed by atoms with E-state index < -0.39 is 32.0 Å². The summed E-state index contributed by atoms with van der Waals surface area (Å²) in [5, 5.41) is 2.80. The highest BCUT2D eigenvalue weighted by Gasteiger charge is 2.40. The minimum Gasteiger partial charge on any atom is -0.354 e. The Morgan fingerprint density at radius 1 is 1.17 bits per heavy atom. The van der Waals surface area contributed by atoms with E-state index in [0.717, 1.165) is 28.2 Å². The molecular formula is C23H35N5O5S3. The first-order valence-corrected chi connectivity index (χ1v) is 16.6. The molecule has 1 atom stereocenters. The molecule has 1 amide bonds. The summed E-state index contributed by atoms with van der Waals surface area (Å²) in [6.45, 7) is 2.62. The van der Waals surface area contributed by atoms with Gasteiger partial charge in [-0.15, -0.1) is 11.8 Å². The molecule has 2 heterocycles. The van der Waals surface area contributed by atoms with Crippen LogP contribution in [0, 0.1) is 0 Å². The van der Waals surface area contributed by atoms with Crippen molar-refractivity contribution < 1.29 is 21.6 Å². The maximum Gasteiger partial charge on any atom is 0.239 e. The molecule has 1 unspecified atom stereocenters. The van der Waals surface area contributed by atoms with Crippen molar-refractivity contribution in [3.63, 3.8) is 0 Å². The summed E-state index contributed by atoms with van der Waals surface area (Å²) in [5.74, 6) is -0.518. The largest absolute Gasteiger partial charge is 0.354 e. The van der Waals surface area contributed by atoms with Crippen LogP contribution in [0.15, 0.2) is 41.7 Å². The fraction of sp³-hybridized carbons (Fsp3) is 0.565. The predicted octanol–water partition coefficient (Wildman–Crippen LogP) is 1.39. The van der Waals surface area contributed by atoms with Crippen molar-refractivity contribution in [1.29, 1.82) is 0 Å². The molecule has 0 bridgehead atoms. The van der Waals surface area contributed by atoms with Crippen LogP contribution in [0.5, 0.6) is 0 Å². The standard InChI is InChI=1S/C23H35N5O5S3/c1-4-5-14-36(32,33)27-12-13-28(35(3,30)31)22(17-27)23(29)25-11-10-20-15-24-18-26(20)16-19-6-8-21(34-2)9-7-19/h6-9,15,18,22H,4-5,10-14,16-17H2,1-3H3,(H,25,29). The molecule has 0 saturated carbocycles. The molecule has 1 saturated heterocycles. The van der Waals surface area contributed by atoms with Gasteiger partial charge in [-0.05, 0) is 30.4 Å². The van der Waals surface area contributed by atoms with Crippen molar-refractivity contribution in [2.75, 3.05) is 44.4 Å². The van der Waals surface area contributed by atoms with Crippen LogP contribution in [0.3, 0.4) is 0 Å². The number of sulfonamides is 2. The molecule has 1 aliphatic rings. The van der Waals surface area contributed by atoms with Crippen LogP contribution in [-0.2, 0) is 37.8 Å². The van der Waals surface area contributed by atoms with E-state index in [0.29, 0.717) is 19.4 Å². The molecule has 1 aliphatic heterocycles. The molecule has 3 rings (SSSR count). The third-order valence-corrected chi connectivity index (χ3v) is 10.1. The maximum absolute atomic E-state index is 13.0. The zero-order chi connectivity index (χ0) is 26.3. The first-order chi connectivity index (χ1) is 17.0. The minimum atomic E-state index is -3.69. The number of aromatic nitrogens is 2. The zero-order valence-corrected chi connectivity index (χ0v) is 23.4. The fourth-order valence-corrected chi connectivity index (χ4v) is 7.20. The SMILES string of the molecule is CCCCS(=O)(=O)N1CCN(S(C)(=O)=O)C(C(=O)NCCc2cncn2Cc2ccc(SC)cc2)C1. The molecule has 200 valence electrons. The third-order valence-electron chi connectivity index (χ3n) is 6.16. The molecule has 1 N–H and O–H groups in total. The number of carbonyl (C=O) groups is 1. The molecule has 0 radical (unpaired) electrons. The summed E-state index contributed by atoms with van der Waals surface area (Å²) in [7, 11) is -7.24. The molecule has 2 aromatic rings. The van der Waals surface area contributed by atoms with Gasteiger partial charge in [-0.1, -0.05) is 25.5 Å². The normalized spacial score (nSPS) is 17.8. The maximum atomic E-state index is 13.0. The highest BCUT2D eigenvalue weighted by Crippen LogP contribution is 2.19. The van der Waals surface area contributed by atoms with Crippen LogP contribution in [0.25, 0.3) is 0 Å². The van der Waals surface area contributed by atoms with Gasteiger partial charge >= 0.3 is 0 Å². The first-order valence-electron chi connectivity index (χ1n) is 11.9. The van der Waals surface area contributed by atoms with Crippen molar-refractivity contribution in [3.8, 4) is 0 Å². The minimum absolute atomic E-state index is 0.0132. The van der Waals surface area contributed by atoms with Crippen LogP contribution >= 0.6 is 11.8 Å². The molecule has 10 nitrogen and oxygen atoms in total. The summed E-state index contributed by atoms with van der Waals surface area (Å²) >= 11 is 1.68. The van der Waals surface area contributed by atoms with Crippen molar-refractivity contribution >= 4 is 37.7 Å². The number of benzene rings is 1. The summed E-state index contributed by atoms with van der Waals surface area (Å²) in [4.78, 5) is 18.5. The topological polar surface area (TPSA) is 122 Å². The van der Waals surface area contributed by atoms with Gasteiger partial charge < -0.3 is 9.88 Å². The van der Waals surface area contributed by atoms with Crippen LogP contribution < -0.4 is 5.32 Å². The van der Waals surface area contributed by atoms with Crippen molar-refractivity contribution in [3.05, 3.63) is 48.0 Å². The van der Waals surface area contributed by atoms with E-state index in [1.165, 1.54) is 9.20 Å². The Labute approximate surface area is 218 Å². The lowest BCUT2D eigenvalue weighted by Crippen LogP contribution is -2.61. The van der Waals surface area contributed by atoms with Gasteiger partial charge in [-0.3, -0.25) is 4.79 Å². The van der Waals surface area contributed by atoms with Gasteiger partial charge in [0.25, 0.3) is 0 Å². The van der Waals surface area contributed by atoms with Crippen LogP contribution in [0.1, 0.15) is 31.0 Å². The van der Waals surface area contributed by atoms with E-state index >= 15 is 0 Å². The second-order valence-electron chi connectivity index (χ2n) is 8.82. The quantitative estimate of drug-likeness (QED) is 0.392. The highest BCUT2D eigenvalue weighted by molar-refractivity contribution is 7.98. The average Bonchev–Trinajstić information content (AvgIpc) is 3.29. The van der Waals surface area contributed by atoms with E-state index in [4.69, 9.17) is 0 Å². The smallest absolute Gasteiger partial charge is 0.239 e. The average molecular weight is 558 g/mol. The number of unbranched alkanes of at least 4 members (excludes halogenated alkanes) is 1. The first kappa shape index (κ1) is 28.6. The molecule has 1 fully saturated rings. The van der Waals surface area contributed by atoms with Gasteiger partial charge in [0.1, 0.15) is 6.04 Å². The highest BCUT2D eigenvalue weighted by atomic mass is 32.2. The van der Waals surface area contributed by atoms with Gasteiger partial charge in [0.2, 0.25) is 26.0 Å². The lowest BCUT2D eigenvalue weighted by molar-refractivity contribution is -0.125. The zero-order valence-electron chi connectivity index (χ0n) is 21.0. The van der Waals surface area contributed by atoms with E-state index in [9.17, 15) is 21.6 Å². The number of hydrogen-bond acceptors (Lipinski definition) is 7. The Kier molecular flexibility index (Phi) is 9.98. The van der Waals surface area contributed by atoms with Crippen molar-refractivity contribution in [2.45, 2.75) is 43.7 Å². The molecule has 1 aromatic carbocycles. The number of amides is 1. The third kappa shape index (κ3) is 7.54. The molecular weight excluding hydrogens is 522 g/mol. The van der Waals surface area contributed by atoms with E-state index in [2.05, 4.69) is 34.6 Å². The number of carbonyl (C=O) groups excluding carboxylic acids is 1. The molecule has 0 spiro atoms.